The summed E-state index contributed by atoms with van der Waals surface area (Å²) in [7, 11) is 0. The molecule has 1 aliphatic heterocycles. The molecule has 1 fully saturated rings. The summed E-state index contributed by atoms with van der Waals surface area (Å²) in [6.45, 7) is 6.65. The number of amides is 1. The molecule has 1 aromatic rings. The lowest BCUT2D eigenvalue weighted by atomic mass is 9.95. The highest BCUT2D eigenvalue weighted by molar-refractivity contribution is 5.70. The Morgan fingerprint density at radius 2 is 1.87 bits per heavy atom. The summed E-state index contributed by atoms with van der Waals surface area (Å²) in [5.74, 6) is 0. The first-order valence-corrected chi connectivity index (χ1v) is 5.09. The third kappa shape index (κ3) is 1.82. The van der Waals surface area contributed by atoms with Gasteiger partial charge in [0, 0.05) is 0 Å². The number of rotatable bonds is 1. The quantitative estimate of drug-likeness (QED) is 0.764. The number of nitrogens with one attached hydrogen (secondary N) is 1. The predicted octanol–water partition coefficient (Wildman–Crippen LogP) is 2.39. The van der Waals surface area contributed by atoms with Gasteiger partial charge in [0.1, 0.15) is 6.61 Å². The van der Waals surface area contributed by atoms with Crippen LogP contribution >= 0.6 is 0 Å². The van der Waals surface area contributed by atoms with Crippen molar-refractivity contribution >= 4 is 6.09 Å². The van der Waals surface area contributed by atoms with E-state index in [1.807, 2.05) is 0 Å². The molecule has 1 N–H and O–H groups in total. The number of carbonyl (C=O) groups is 1. The van der Waals surface area contributed by atoms with Gasteiger partial charge < -0.3 is 10.1 Å². The van der Waals surface area contributed by atoms with Gasteiger partial charge in [0.2, 0.25) is 0 Å². The summed E-state index contributed by atoms with van der Waals surface area (Å²) in [4.78, 5) is 11.0. The Kier molecular flexibility index (Phi) is 2.39. The van der Waals surface area contributed by atoms with Crippen LogP contribution in [-0.4, -0.2) is 12.7 Å². The van der Waals surface area contributed by atoms with Crippen LogP contribution in [0.1, 0.15) is 28.3 Å². The van der Waals surface area contributed by atoms with E-state index < -0.39 is 0 Å². The van der Waals surface area contributed by atoms with E-state index in [0.29, 0.717) is 6.61 Å². The first-order valence-electron chi connectivity index (χ1n) is 5.09. The van der Waals surface area contributed by atoms with E-state index in [2.05, 4.69) is 38.2 Å². The number of cyclic esters (lactones) is 1. The zero-order valence-electron chi connectivity index (χ0n) is 9.26. The SMILES string of the molecule is Cc1cc(C)c(C2COC(=O)N2)c(C)c1. The van der Waals surface area contributed by atoms with Gasteiger partial charge in [-0.3, -0.25) is 0 Å². The van der Waals surface area contributed by atoms with Gasteiger partial charge in [-0.15, -0.1) is 0 Å². The average Bonchev–Trinajstić information content (AvgIpc) is 2.49. The summed E-state index contributed by atoms with van der Waals surface area (Å²) in [6, 6.07) is 4.28. The van der Waals surface area contributed by atoms with E-state index in [-0.39, 0.29) is 12.1 Å². The van der Waals surface area contributed by atoms with Crippen LogP contribution in [0, 0.1) is 20.8 Å². The fraction of sp³-hybridized carbons (Fsp3) is 0.417. The van der Waals surface area contributed by atoms with Gasteiger partial charge in [-0.2, -0.15) is 0 Å². The summed E-state index contributed by atoms with van der Waals surface area (Å²) in [6.07, 6.45) is -0.320. The van der Waals surface area contributed by atoms with Gasteiger partial charge >= 0.3 is 6.09 Å². The molecule has 0 aliphatic carbocycles. The van der Waals surface area contributed by atoms with Gasteiger partial charge in [-0.05, 0) is 37.5 Å². The molecule has 0 radical (unpaired) electrons. The maximum absolute atomic E-state index is 11.0. The number of ether oxygens (including phenoxy) is 1. The molecule has 1 unspecified atom stereocenters. The molecule has 0 bridgehead atoms. The van der Waals surface area contributed by atoms with E-state index >= 15 is 0 Å². The molecule has 0 aromatic heterocycles. The minimum Gasteiger partial charge on any atom is -0.447 e. The molecule has 80 valence electrons. The molecule has 0 spiro atoms. The van der Waals surface area contributed by atoms with Crippen molar-refractivity contribution in [2.75, 3.05) is 6.61 Å². The van der Waals surface area contributed by atoms with Crippen LogP contribution in [-0.2, 0) is 4.74 Å². The van der Waals surface area contributed by atoms with E-state index in [4.69, 9.17) is 4.74 Å². The number of benzene rings is 1. The Balaban J connectivity index is 2.39. The second kappa shape index (κ2) is 3.57. The number of hydrogen-bond acceptors (Lipinski definition) is 2. The topological polar surface area (TPSA) is 38.3 Å². The Labute approximate surface area is 89.4 Å². The first-order chi connectivity index (χ1) is 7.08. The summed E-state index contributed by atoms with van der Waals surface area (Å²) >= 11 is 0. The Bertz CT molecular complexity index is 389. The molecular formula is C12H15NO2. The van der Waals surface area contributed by atoms with Crippen molar-refractivity contribution in [3.8, 4) is 0 Å². The van der Waals surface area contributed by atoms with Crippen LogP contribution in [0.3, 0.4) is 0 Å². The molecule has 0 saturated carbocycles. The zero-order valence-corrected chi connectivity index (χ0v) is 9.26. The van der Waals surface area contributed by atoms with Crippen LogP contribution in [0.4, 0.5) is 4.79 Å². The van der Waals surface area contributed by atoms with Gasteiger partial charge in [-0.1, -0.05) is 17.7 Å². The summed E-state index contributed by atoms with van der Waals surface area (Å²) in [5.41, 5.74) is 4.86. The van der Waals surface area contributed by atoms with Crippen LogP contribution in [0.5, 0.6) is 0 Å². The van der Waals surface area contributed by atoms with Gasteiger partial charge in [-0.25, -0.2) is 4.79 Å². The van der Waals surface area contributed by atoms with Crippen LogP contribution in [0.15, 0.2) is 12.1 Å². The Morgan fingerprint density at radius 3 is 2.33 bits per heavy atom. The highest BCUT2D eigenvalue weighted by atomic mass is 16.6. The normalized spacial score (nSPS) is 19.9. The third-order valence-corrected chi connectivity index (χ3v) is 2.76. The van der Waals surface area contributed by atoms with Crippen molar-refractivity contribution in [2.24, 2.45) is 0 Å². The summed E-state index contributed by atoms with van der Waals surface area (Å²) in [5, 5.41) is 2.81. The predicted molar refractivity (Wildman–Crippen MR) is 57.9 cm³/mol. The highest BCUT2D eigenvalue weighted by Gasteiger charge is 2.26. The van der Waals surface area contributed by atoms with Crippen molar-refractivity contribution in [3.05, 3.63) is 34.4 Å². The number of aryl methyl sites for hydroxylation is 3. The summed E-state index contributed by atoms with van der Waals surface area (Å²) < 4.78 is 4.91. The molecular weight excluding hydrogens is 190 g/mol. The molecule has 2 rings (SSSR count). The van der Waals surface area contributed by atoms with Crippen molar-refractivity contribution in [3.63, 3.8) is 0 Å². The Morgan fingerprint density at radius 1 is 1.27 bits per heavy atom. The fourth-order valence-electron chi connectivity index (χ4n) is 2.28. The highest BCUT2D eigenvalue weighted by Crippen LogP contribution is 2.26. The van der Waals surface area contributed by atoms with E-state index in [1.165, 1.54) is 22.3 Å². The van der Waals surface area contributed by atoms with E-state index in [0.717, 1.165) is 0 Å². The first kappa shape index (κ1) is 10.0. The average molecular weight is 205 g/mol. The minimum absolute atomic E-state index is 0.0121. The van der Waals surface area contributed by atoms with Crippen LogP contribution in [0.2, 0.25) is 0 Å². The third-order valence-electron chi connectivity index (χ3n) is 2.76. The second-order valence-corrected chi connectivity index (χ2v) is 4.11. The van der Waals surface area contributed by atoms with Gasteiger partial charge in [0.05, 0.1) is 6.04 Å². The fourth-order valence-corrected chi connectivity index (χ4v) is 2.28. The molecule has 3 heteroatoms. The van der Waals surface area contributed by atoms with Crippen molar-refractivity contribution in [1.82, 2.24) is 5.32 Å². The number of carbonyl (C=O) groups excluding carboxylic acids is 1. The van der Waals surface area contributed by atoms with Crippen molar-refractivity contribution in [1.29, 1.82) is 0 Å². The van der Waals surface area contributed by atoms with Gasteiger partial charge in [0.25, 0.3) is 0 Å². The smallest absolute Gasteiger partial charge is 0.407 e. The van der Waals surface area contributed by atoms with Gasteiger partial charge in [0.15, 0.2) is 0 Å². The van der Waals surface area contributed by atoms with Crippen molar-refractivity contribution < 1.29 is 9.53 Å². The van der Waals surface area contributed by atoms with Crippen molar-refractivity contribution in [2.45, 2.75) is 26.8 Å². The molecule has 1 saturated heterocycles. The zero-order chi connectivity index (χ0) is 11.0. The molecule has 1 atom stereocenters. The molecule has 3 nitrogen and oxygen atoms in total. The number of alkyl carbamates (subject to hydrolysis) is 1. The van der Waals surface area contributed by atoms with Crippen LogP contribution < -0.4 is 5.32 Å². The standard InChI is InChI=1S/C12H15NO2/c1-7-4-8(2)11(9(3)5-7)10-6-15-12(14)13-10/h4-5,10H,6H2,1-3H3,(H,13,14). The maximum atomic E-state index is 11.0. The largest absolute Gasteiger partial charge is 0.447 e. The monoisotopic (exact) mass is 205 g/mol. The number of hydrogen-bond donors (Lipinski definition) is 1. The molecule has 1 amide bonds. The molecule has 1 aliphatic rings. The lowest BCUT2D eigenvalue weighted by molar-refractivity contribution is 0.177. The van der Waals surface area contributed by atoms with E-state index in [9.17, 15) is 4.79 Å². The second-order valence-electron chi connectivity index (χ2n) is 4.11. The molecule has 1 aromatic carbocycles. The van der Waals surface area contributed by atoms with Crippen LogP contribution in [0.25, 0.3) is 0 Å². The van der Waals surface area contributed by atoms with E-state index in [1.54, 1.807) is 0 Å². The Hall–Kier alpha value is -1.51. The molecule has 1 heterocycles. The lowest BCUT2D eigenvalue weighted by Crippen LogP contribution is -2.20. The maximum Gasteiger partial charge on any atom is 0.407 e. The minimum atomic E-state index is -0.320. The lowest BCUT2D eigenvalue weighted by Gasteiger charge is -2.15. The molecule has 15 heavy (non-hydrogen) atoms.